The van der Waals surface area contributed by atoms with Crippen LogP contribution in [-0.2, 0) is 25.7 Å². The highest BCUT2D eigenvalue weighted by Crippen LogP contribution is 2.25. The zero-order valence-corrected chi connectivity index (χ0v) is 17.1. The van der Waals surface area contributed by atoms with Gasteiger partial charge in [-0.05, 0) is 54.8 Å². The van der Waals surface area contributed by atoms with Gasteiger partial charge in [-0.2, -0.15) is 0 Å². The molecule has 2 aromatic rings. The predicted molar refractivity (Wildman–Crippen MR) is 105 cm³/mol. The van der Waals surface area contributed by atoms with Crippen LogP contribution in [-0.4, -0.2) is 31.1 Å². The van der Waals surface area contributed by atoms with Gasteiger partial charge in [-0.1, -0.05) is 25.1 Å². The second-order valence-electron chi connectivity index (χ2n) is 7.68. The van der Waals surface area contributed by atoms with Crippen molar-refractivity contribution in [3.63, 3.8) is 0 Å². The zero-order valence-electron chi connectivity index (χ0n) is 17.1. The van der Waals surface area contributed by atoms with Crippen LogP contribution < -0.4 is 4.74 Å². The summed E-state index contributed by atoms with van der Waals surface area (Å²) in [6, 6.07) is 10.8. The van der Waals surface area contributed by atoms with E-state index < -0.39 is 30.5 Å². The molecule has 158 valence electrons. The first kappa shape index (κ1) is 22.6. The number of esters is 2. The molecule has 0 atom stereocenters. The highest BCUT2D eigenvalue weighted by Gasteiger charge is 2.27. The first-order valence-electron chi connectivity index (χ1n) is 9.36. The van der Waals surface area contributed by atoms with Gasteiger partial charge < -0.3 is 14.2 Å². The first-order chi connectivity index (χ1) is 13.5. The van der Waals surface area contributed by atoms with Crippen LogP contribution in [0.3, 0.4) is 0 Å². The summed E-state index contributed by atoms with van der Waals surface area (Å²) >= 11 is 0. The van der Waals surface area contributed by atoms with E-state index in [1.165, 1.54) is 0 Å². The molecule has 0 saturated heterocycles. The minimum Gasteiger partial charge on any atom is -0.482 e. The molecule has 5 nitrogen and oxygen atoms in total. The van der Waals surface area contributed by atoms with Crippen molar-refractivity contribution >= 4 is 22.7 Å². The van der Waals surface area contributed by atoms with Crippen molar-refractivity contribution in [1.29, 1.82) is 0 Å². The van der Waals surface area contributed by atoms with Crippen molar-refractivity contribution in [3.05, 3.63) is 42.0 Å². The molecule has 0 aliphatic rings. The number of alkyl halides is 2. The van der Waals surface area contributed by atoms with Gasteiger partial charge in [-0.3, -0.25) is 4.79 Å². The lowest BCUT2D eigenvalue weighted by Gasteiger charge is -2.20. The van der Waals surface area contributed by atoms with Crippen LogP contribution in [0.1, 0.15) is 39.7 Å². The number of carbonyl (C=O) groups excluding carboxylic acids is 2. The fourth-order valence-corrected chi connectivity index (χ4v) is 2.33. The summed E-state index contributed by atoms with van der Waals surface area (Å²) in [5.41, 5.74) is 0.340. The third kappa shape index (κ3) is 7.00. The van der Waals surface area contributed by atoms with Crippen molar-refractivity contribution in [2.75, 3.05) is 13.2 Å². The lowest BCUT2D eigenvalue weighted by molar-refractivity contribution is -0.156. The van der Waals surface area contributed by atoms with E-state index in [-0.39, 0.29) is 12.6 Å². The van der Waals surface area contributed by atoms with E-state index in [2.05, 4.69) is 4.74 Å². The Morgan fingerprint density at radius 3 is 2.28 bits per heavy atom. The summed E-state index contributed by atoms with van der Waals surface area (Å²) in [5.74, 6) is -3.76. The molecule has 7 heteroatoms. The Labute approximate surface area is 168 Å². The van der Waals surface area contributed by atoms with E-state index in [1.807, 2.05) is 39.0 Å². The average molecular weight is 408 g/mol. The second kappa shape index (κ2) is 9.20. The average Bonchev–Trinajstić information content (AvgIpc) is 2.67. The fraction of sp³-hybridized carbons (Fsp3) is 0.455. The van der Waals surface area contributed by atoms with Crippen LogP contribution in [0.4, 0.5) is 8.78 Å². The molecule has 0 bridgehead atoms. The number of halogens is 2. The lowest BCUT2D eigenvalue weighted by atomic mass is 9.91. The minimum atomic E-state index is -3.07. The Morgan fingerprint density at radius 2 is 1.62 bits per heavy atom. The Bertz CT molecular complexity index is 871. The summed E-state index contributed by atoms with van der Waals surface area (Å²) in [4.78, 5) is 23.6. The molecule has 0 fully saturated rings. The normalized spacial score (nSPS) is 11.9. The molecule has 0 N–H and O–H groups in total. The van der Waals surface area contributed by atoms with Crippen LogP contribution in [0.15, 0.2) is 36.4 Å². The van der Waals surface area contributed by atoms with Crippen molar-refractivity contribution in [3.8, 4) is 5.75 Å². The molecule has 0 aliphatic carbocycles. The second-order valence-corrected chi connectivity index (χ2v) is 7.68. The lowest BCUT2D eigenvalue weighted by Crippen LogP contribution is -2.25. The van der Waals surface area contributed by atoms with E-state index in [0.717, 1.165) is 16.3 Å². The highest BCUT2D eigenvalue weighted by molar-refractivity contribution is 5.84. The summed E-state index contributed by atoms with van der Waals surface area (Å²) in [7, 11) is 0. The Hall–Kier alpha value is -2.70. The molecule has 0 amide bonds. The maximum atomic E-state index is 12.7. The van der Waals surface area contributed by atoms with Gasteiger partial charge in [0.25, 0.3) is 5.92 Å². The molecular formula is C22H26F2O5. The third-order valence-corrected chi connectivity index (χ3v) is 4.53. The molecular weight excluding hydrogens is 382 g/mol. The maximum Gasteiger partial charge on any atom is 0.344 e. The Balaban J connectivity index is 1.95. The third-order valence-electron chi connectivity index (χ3n) is 4.53. The van der Waals surface area contributed by atoms with Crippen LogP contribution in [0, 0.1) is 5.41 Å². The van der Waals surface area contributed by atoms with Crippen LogP contribution in [0.25, 0.3) is 10.8 Å². The van der Waals surface area contributed by atoms with E-state index >= 15 is 0 Å². The van der Waals surface area contributed by atoms with Crippen molar-refractivity contribution in [1.82, 2.24) is 0 Å². The van der Waals surface area contributed by atoms with Gasteiger partial charge in [-0.25, -0.2) is 13.6 Å². The minimum absolute atomic E-state index is 0.185. The van der Waals surface area contributed by atoms with Crippen molar-refractivity contribution in [2.45, 2.75) is 46.6 Å². The van der Waals surface area contributed by atoms with Crippen LogP contribution >= 0.6 is 0 Å². The molecule has 0 spiro atoms. The number of hydrogen-bond donors (Lipinski definition) is 0. The Morgan fingerprint density at radius 1 is 0.966 bits per heavy atom. The molecule has 0 aromatic heterocycles. The van der Waals surface area contributed by atoms with Gasteiger partial charge in [0.15, 0.2) is 13.2 Å². The summed E-state index contributed by atoms with van der Waals surface area (Å²) in [6.07, 6.45) is 0.695. The van der Waals surface area contributed by atoms with Crippen LogP contribution in [0.5, 0.6) is 5.75 Å². The van der Waals surface area contributed by atoms with E-state index in [0.29, 0.717) is 19.1 Å². The molecule has 29 heavy (non-hydrogen) atoms. The number of hydrogen-bond acceptors (Lipinski definition) is 5. The van der Waals surface area contributed by atoms with Gasteiger partial charge in [0.05, 0.1) is 5.41 Å². The molecule has 0 heterocycles. The zero-order chi connectivity index (χ0) is 21.7. The monoisotopic (exact) mass is 408 g/mol. The standard InChI is InChI=1S/C22H26F2O5/c1-5-21(2,3)20(26)28-12-15-6-7-17-11-18(9-8-16(17)10-15)27-13-19(25)29-14-22(4,23)24/h6-11H,5,12-14H2,1-4H3. The molecule has 2 aromatic carbocycles. The van der Waals surface area contributed by atoms with Gasteiger partial charge >= 0.3 is 11.9 Å². The predicted octanol–water partition coefficient (Wildman–Crippen LogP) is 4.90. The fourth-order valence-electron chi connectivity index (χ4n) is 2.33. The van der Waals surface area contributed by atoms with E-state index in [9.17, 15) is 18.4 Å². The molecule has 2 rings (SSSR count). The molecule has 0 unspecified atom stereocenters. The summed E-state index contributed by atoms with van der Waals surface area (Å²) in [6.45, 7) is 5.06. The number of carbonyl (C=O) groups is 2. The van der Waals surface area contributed by atoms with E-state index in [1.54, 1.807) is 18.2 Å². The topological polar surface area (TPSA) is 61.8 Å². The van der Waals surface area contributed by atoms with E-state index in [4.69, 9.17) is 9.47 Å². The molecule has 0 saturated carbocycles. The first-order valence-corrected chi connectivity index (χ1v) is 9.36. The van der Waals surface area contributed by atoms with Gasteiger partial charge in [-0.15, -0.1) is 0 Å². The van der Waals surface area contributed by atoms with Gasteiger partial charge in [0.1, 0.15) is 12.4 Å². The SMILES string of the molecule is CCC(C)(C)C(=O)OCc1ccc2cc(OCC(=O)OCC(C)(F)F)ccc2c1. The molecule has 0 radical (unpaired) electrons. The highest BCUT2D eigenvalue weighted by atomic mass is 19.3. The quantitative estimate of drug-likeness (QED) is 0.553. The number of fused-ring (bicyclic) bond motifs is 1. The Kier molecular flexibility index (Phi) is 7.16. The number of benzene rings is 2. The number of rotatable bonds is 9. The van der Waals surface area contributed by atoms with Crippen molar-refractivity contribution in [2.24, 2.45) is 5.41 Å². The van der Waals surface area contributed by atoms with Crippen LogP contribution in [0.2, 0.25) is 0 Å². The molecule has 0 aliphatic heterocycles. The maximum absolute atomic E-state index is 12.7. The van der Waals surface area contributed by atoms with Gasteiger partial charge in [0, 0.05) is 6.92 Å². The largest absolute Gasteiger partial charge is 0.482 e. The summed E-state index contributed by atoms with van der Waals surface area (Å²) in [5, 5.41) is 1.77. The summed E-state index contributed by atoms with van der Waals surface area (Å²) < 4.78 is 40.5. The van der Waals surface area contributed by atoms with Gasteiger partial charge in [0.2, 0.25) is 0 Å². The smallest absolute Gasteiger partial charge is 0.344 e. The van der Waals surface area contributed by atoms with Crippen molar-refractivity contribution < 1.29 is 32.6 Å². The number of ether oxygens (including phenoxy) is 3.